The Morgan fingerprint density at radius 2 is 0.877 bits per heavy atom. The van der Waals surface area contributed by atoms with Crippen LogP contribution in [0.15, 0.2) is 200 Å². The van der Waals surface area contributed by atoms with Gasteiger partial charge in [-0.1, -0.05) is 174 Å². The summed E-state index contributed by atoms with van der Waals surface area (Å²) in [6.45, 7) is 13.7. The average molecular weight is 839 g/mol. The molecule has 316 valence electrons. The van der Waals surface area contributed by atoms with E-state index in [-0.39, 0.29) is 10.8 Å². The smallest absolute Gasteiger partial charge is 0.0540 e. The fourth-order valence-electron chi connectivity index (χ4n) is 11.0. The van der Waals surface area contributed by atoms with Crippen molar-refractivity contribution in [3.05, 3.63) is 234 Å². The number of nitrogens with zero attached hydrogens (tertiary/aromatic N) is 2. The van der Waals surface area contributed by atoms with E-state index in [0.29, 0.717) is 0 Å². The van der Waals surface area contributed by atoms with Crippen LogP contribution in [0.25, 0.3) is 50.2 Å². The quantitative estimate of drug-likeness (QED) is 0.143. The minimum absolute atomic E-state index is 0.0590. The van der Waals surface area contributed by atoms with Gasteiger partial charge >= 0.3 is 0 Å². The Hall–Kier alpha value is -7.42. The maximum atomic E-state index is 2.45. The summed E-state index contributed by atoms with van der Waals surface area (Å²) in [5.74, 6) is 0. The molecule has 0 N–H and O–H groups in total. The second-order valence-corrected chi connectivity index (χ2v) is 18.8. The summed E-state index contributed by atoms with van der Waals surface area (Å²) in [5.41, 5.74) is 22.5. The molecule has 0 atom stereocenters. The fourth-order valence-corrected chi connectivity index (χ4v) is 11.0. The van der Waals surface area contributed by atoms with Gasteiger partial charge in [0.05, 0.1) is 5.69 Å². The van der Waals surface area contributed by atoms with Crippen molar-refractivity contribution in [1.29, 1.82) is 0 Å². The SMILES string of the molecule is C/C=C\c1ccc(N(c2ccc(-c3ccc(N(c4ccc5c(c4)-c4ccccc4C5(C)C)c4ccc5c(c4)-c4ccccc4C5(C)C)cc3)cc2)c2cccc3ccccc23)cc1CC. The van der Waals surface area contributed by atoms with Crippen molar-refractivity contribution in [1.82, 2.24) is 0 Å². The van der Waals surface area contributed by atoms with Gasteiger partial charge in [-0.3, -0.25) is 0 Å². The first-order valence-corrected chi connectivity index (χ1v) is 23.2. The largest absolute Gasteiger partial charge is 0.310 e. The normalized spacial score (nSPS) is 13.9. The zero-order chi connectivity index (χ0) is 44.5. The van der Waals surface area contributed by atoms with Crippen molar-refractivity contribution >= 4 is 51.0 Å². The zero-order valence-corrected chi connectivity index (χ0v) is 38.2. The van der Waals surface area contributed by atoms with Gasteiger partial charge in [0.25, 0.3) is 0 Å². The van der Waals surface area contributed by atoms with Crippen molar-refractivity contribution in [2.45, 2.75) is 58.8 Å². The highest BCUT2D eigenvalue weighted by molar-refractivity contribution is 5.99. The first kappa shape index (κ1) is 40.4. The van der Waals surface area contributed by atoms with E-state index in [1.165, 1.54) is 83.2 Å². The molecule has 0 amide bonds. The summed E-state index contributed by atoms with van der Waals surface area (Å²) < 4.78 is 0. The molecule has 11 rings (SSSR count). The number of rotatable bonds is 9. The molecule has 0 spiro atoms. The molecule has 2 heteroatoms. The lowest BCUT2D eigenvalue weighted by Crippen LogP contribution is -2.16. The second-order valence-electron chi connectivity index (χ2n) is 18.8. The van der Waals surface area contributed by atoms with Crippen molar-refractivity contribution in [3.63, 3.8) is 0 Å². The first-order valence-electron chi connectivity index (χ1n) is 23.2. The highest BCUT2D eigenvalue weighted by Gasteiger charge is 2.37. The number of aryl methyl sites for hydroxylation is 1. The lowest BCUT2D eigenvalue weighted by molar-refractivity contribution is 0.660. The van der Waals surface area contributed by atoms with Crippen molar-refractivity contribution in [3.8, 4) is 33.4 Å². The topological polar surface area (TPSA) is 6.48 Å². The molecule has 0 radical (unpaired) electrons. The van der Waals surface area contributed by atoms with Crippen LogP contribution in [0, 0.1) is 0 Å². The predicted molar refractivity (Wildman–Crippen MR) is 278 cm³/mol. The van der Waals surface area contributed by atoms with Crippen molar-refractivity contribution in [2.24, 2.45) is 0 Å². The molecule has 0 unspecified atom stereocenters. The molecule has 0 saturated heterocycles. The van der Waals surface area contributed by atoms with Gasteiger partial charge in [0, 0.05) is 44.7 Å². The highest BCUT2D eigenvalue weighted by Crippen LogP contribution is 2.53. The Bertz CT molecular complexity index is 3200. The van der Waals surface area contributed by atoms with Crippen LogP contribution in [0.5, 0.6) is 0 Å². The number of hydrogen-bond donors (Lipinski definition) is 0. The number of allylic oxidation sites excluding steroid dienone is 1. The van der Waals surface area contributed by atoms with Gasteiger partial charge in [0.2, 0.25) is 0 Å². The van der Waals surface area contributed by atoms with Gasteiger partial charge in [-0.2, -0.15) is 0 Å². The minimum Gasteiger partial charge on any atom is -0.310 e. The first-order chi connectivity index (χ1) is 31.6. The molecule has 2 nitrogen and oxygen atoms in total. The molecular weight excluding hydrogens is 785 g/mol. The van der Waals surface area contributed by atoms with Gasteiger partial charge < -0.3 is 9.80 Å². The van der Waals surface area contributed by atoms with Crippen LogP contribution in [-0.4, -0.2) is 0 Å². The molecule has 2 aliphatic rings. The Morgan fingerprint density at radius 1 is 0.415 bits per heavy atom. The lowest BCUT2D eigenvalue weighted by atomic mass is 9.82. The minimum atomic E-state index is -0.0590. The third-order valence-electron chi connectivity index (χ3n) is 14.4. The fraction of sp³-hybridized carbons (Fsp3) is 0.143. The molecule has 0 bridgehead atoms. The van der Waals surface area contributed by atoms with E-state index in [4.69, 9.17) is 0 Å². The molecule has 0 heterocycles. The predicted octanol–water partition coefficient (Wildman–Crippen LogP) is 17.7. The maximum absolute atomic E-state index is 2.45. The second kappa shape index (κ2) is 15.7. The molecule has 0 fully saturated rings. The lowest BCUT2D eigenvalue weighted by Gasteiger charge is -2.28. The van der Waals surface area contributed by atoms with Gasteiger partial charge in [-0.15, -0.1) is 0 Å². The Labute approximate surface area is 384 Å². The van der Waals surface area contributed by atoms with Crippen LogP contribution >= 0.6 is 0 Å². The summed E-state index contributed by atoms with van der Waals surface area (Å²) in [7, 11) is 0. The Balaban J connectivity index is 0.993. The molecule has 0 aliphatic heterocycles. The summed E-state index contributed by atoms with van der Waals surface area (Å²) >= 11 is 0. The number of fused-ring (bicyclic) bond motifs is 7. The molecule has 0 saturated carbocycles. The average Bonchev–Trinajstić information content (AvgIpc) is 3.71. The van der Waals surface area contributed by atoms with Crippen LogP contribution in [0.2, 0.25) is 0 Å². The summed E-state index contributed by atoms with van der Waals surface area (Å²) in [6.07, 6.45) is 5.29. The van der Waals surface area contributed by atoms with Crippen LogP contribution < -0.4 is 9.80 Å². The summed E-state index contributed by atoms with van der Waals surface area (Å²) in [4.78, 5) is 4.86. The van der Waals surface area contributed by atoms with E-state index >= 15 is 0 Å². The van der Waals surface area contributed by atoms with Gasteiger partial charge in [-0.25, -0.2) is 0 Å². The van der Waals surface area contributed by atoms with E-state index in [1.807, 2.05) is 0 Å². The monoisotopic (exact) mass is 838 g/mol. The molecule has 9 aromatic rings. The number of hydrogen-bond acceptors (Lipinski definition) is 2. The summed E-state index contributed by atoms with van der Waals surface area (Å²) in [6, 6.07) is 72.5. The van der Waals surface area contributed by atoms with E-state index in [0.717, 1.165) is 34.9 Å². The Morgan fingerprint density at radius 3 is 1.45 bits per heavy atom. The van der Waals surface area contributed by atoms with Gasteiger partial charge in [0.15, 0.2) is 0 Å². The number of anilines is 6. The van der Waals surface area contributed by atoms with Crippen LogP contribution in [0.1, 0.15) is 74.9 Å². The van der Waals surface area contributed by atoms with E-state index in [9.17, 15) is 0 Å². The van der Waals surface area contributed by atoms with Crippen molar-refractivity contribution < 1.29 is 0 Å². The third kappa shape index (κ3) is 6.62. The summed E-state index contributed by atoms with van der Waals surface area (Å²) in [5, 5.41) is 2.45. The molecule has 2 aliphatic carbocycles. The van der Waals surface area contributed by atoms with Gasteiger partial charge in [0.1, 0.15) is 0 Å². The van der Waals surface area contributed by atoms with Crippen LogP contribution in [-0.2, 0) is 17.3 Å². The standard InChI is InChI=1S/C63H54N2/c1-7-16-43-29-34-49(39-42(43)8-2)65(61-24-15-18-46-17-9-10-19-52(46)61)48-32-27-45(28-33-48)44-25-30-47(31-26-44)64(50-35-37-59-55(40-50)53-20-11-13-22-57(53)62(59,3)4)51-36-38-60-56(41-51)54-21-12-14-23-58(54)63(60,5)6/h7,9-41H,8H2,1-6H3/b16-7-. The van der Waals surface area contributed by atoms with Crippen LogP contribution in [0.3, 0.4) is 0 Å². The van der Waals surface area contributed by atoms with E-state index in [2.05, 4.69) is 258 Å². The van der Waals surface area contributed by atoms with Gasteiger partial charge in [-0.05, 0) is 152 Å². The zero-order valence-electron chi connectivity index (χ0n) is 38.2. The third-order valence-corrected chi connectivity index (χ3v) is 14.4. The highest BCUT2D eigenvalue weighted by atomic mass is 15.1. The molecule has 9 aromatic carbocycles. The van der Waals surface area contributed by atoms with Crippen molar-refractivity contribution in [2.75, 3.05) is 9.80 Å². The van der Waals surface area contributed by atoms with Crippen LogP contribution in [0.4, 0.5) is 34.1 Å². The van der Waals surface area contributed by atoms with E-state index < -0.39 is 0 Å². The molecule has 0 aromatic heterocycles. The molecular formula is C63H54N2. The molecule has 65 heavy (non-hydrogen) atoms. The maximum Gasteiger partial charge on any atom is 0.0540 e. The van der Waals surface area contributed by atoms with E-state index in [1.54, 1.807) is 0 Å². The Kier molecular flexibility index (Phi) is 9.74. The number of benzene rings is 9.